The van der Waals surface area contributed by atoms with Crippen LogP contribution >= 0.6 is 0 Å². The first kappa shape index (κ1) is 10.2. The Morgan fingerprint density at radius 3 is 2.64 bits per heavy atom. The molecule has 0 spiro atoms. The van der Waals surface area contributed by atoms with Gasteiger partial charge in [-0.2, -0.15) is 5.10 Å². The Morgan fingerprint density at radius 2 is 2.14 bits per heavy atom. The highest BCUT2D eigenvalue weighted by atomic mass is 16.5. The van der Waals surface area contributed by atoms with Gasteiger partial charge >= 0.3 is 0 Å². The van der Waals surface area contributed by atoms with Crippen molar-refractivity contribution < 1.29 is 4.74 Å². The van der Waals surface area contributed by atoms with Crippen molar-refractivity contribution in [3.8, 4) is 5.88 Å². The van der Waals surface area contributed by atoms with E-state index >= 15 is 0 Å². The molecule has 0 aliphatic rings. The average Bonchev–Trinajstić information content (AvgIpc) is 2.20. The smallest absolute Gasteiger partial charge is 0.238 e. The highest BCUT2D eigenvalue weighted by molar-refractivity contribution is 5.21. The van der Waals surface area contributed by atoms with Crippen molar-refractivity contribution >= 4 is 0 Å². The summed E-state index contributed by atoms with van der Waals surface area (Å²) in [6, 6.07) is 3.58. The standard InChI is InChI=1S/C11H12N2O/c1-4-6-10(5-2)14-11-8-7-9(3)12-13-11/h4-8H,1-2H2,3H3/b10-6+. The lowest BCUT2D eigenvalue weighted by Crippen LogP contribution is -1.96. The quantitative estimate of drug-likeness (QED) is 0.537. The summed E-state index contributed by atoms with van der Waals surface area (Å²) in [5, 5.41) is 7.72. The van der Waals surface area contributed by atoms with Crippen molar-refractivity contribution in [1.29, 1.82) is 0 Å². The Kier molecular flexibility index (Phi) is 3.61. The van der Waals surface area contributed by atoms with E-state index in [9.17, 15) is 0 Å². The van der Waals surface area contributed by atoms with Gasteiger partial charge in [0, 0.05) is 6.07 Å². The van der Waals surface area contributed by atoms with Crippen LogP contribution in [0.1, 0.15) is 5.69 Å². The minimum Gasteiger partial charge on any atom is -0.438 e. The largest absolute Gasteiger partial charge is 0.438 e. The van der Waals surface area contributed by atoms with Crippen molar-refractivity contribution in [2.24, 2.45) is 0 Å². The van der Waals surface area contributed by atoms with Crippen molar-refractivity contribution in [3.63, 3.8) is 0 Å². The van der Waals surface area contributed by atoms with Crippen LogP contribution in [-0.4, -0.2) is 10.2 Å². The van der Waals surface area contributed by atoms with Gasteiger partial charge in [-0.1, -0.05) is 19.2 Å². The maximum Gasteiger partial charge on any atom is 0.238 e. The summed E-state index contributed by atoms with van der Waals surface area (Å²) in [4.78, 5) is 0. The fourth-order valence-corrected chi connectivity index (χ4v) is 0.822. The van der Waals surface area contributed by atoms with Gasteiger partial charge in [-0.05, 0) is 25.1 Å². The van der Waals surface area contributed by atoms with Crippen molar-refractivity contribution in [2.75, 3.05) is 0 Å². The minimum atomic E-state index is 0.448. The predicted molar refractivity (Wildman–Crippen MR) is 55.9 cm³/mol. The van der Waals surface area contributed by atoms with E-state index in [2.05, 4.69) is 23.4 Å². The molecule has 0 aliphatic heterocycles. The van der Waals surface area contributed by atoms with Gasteiger partial charge in [0.1, 0.15) is 5.76 Å². The van der Waals surface area contributed by atoms with Crippen molar-refractivity contribution in [2.45, 2.75) is 6.92 Å². The first-order valence-corrected chi connectivity index (χ1v) is 4.19. The summed E-state index contributed by atoms with van der Waals surface area (Å²) in [6.45, 7) is 9.03. The molecule has 0 fully saturated rings. The number of allylic oxidation sites excluding steroid dienone is 3. The lowest BCUT2D eigenvalue weighted by Gasteiger charge is -2.03. The zero-order valence-electron chi connectivity index (χ0n) is 8.10. The van der Waals surface area contributed by atoms with E-state index in [1.807, 2.05) is 13.0 Å². The van der Waals surface area contributed by atoms with E-state index in [0.717, 1.165) is 5.69 Å². The van der Waals surface area contributed by atoms with Crippen molar-refractivity contribution in [3.05, 3.63) is 55.0 Å². The summed E-state index contributed by atoms with van der Waals surface area (Å²) >= 11 is 0. The highest BCUT2D eigenvalue weighted by Gasteiger charge is 1.97. The second-order valence-electron chi connectivity index (χ2n) is 2.62. The maximum atomic E-state index is 5.36. The van der Waals surface area contributed by atoms with E-state index in [1.54, 1.807) is 24.3 Å². The third kappa shape index (κ3) is 2.86. The van der Waals surface area contributed by atoms with Gasteiger partial charge in [0.15, 0.2) is 0 Å². The predicted octanol–water partition coefficient (Wildman–Crippen LogP) is 2.42. The molecule has 1 heterocycles. The molecule has 1 aromatic rings. The van der Waals surface area contributed by atoms with Crippen LogP contribution in [0.4, 0.5) is 0 Å². The summed E-state index contributed by atoms with van der Waals surface area (Å²) in [6.07, 6.45) is 4.91. The lowest BCUT2D eigenvalue weighted by atomic mass is 10.4. The number of hydrogen-bond donors (Lipinski definition) is 0. The van der Waals surface area contributed by atoms with Gasteiger partial charge in [0.2, 0.25) is 5.88 Å². The number of ether oxygens (including phenoxy) is 1. The molecule has 0 radical (unpaired) electrons. The molecule has 0 unspecified atom stereocenters. The number of rotatable bonds is 4. The molecule has 1 aromatic heterocycles. The van der Waals surface area contributed by atoms with E-state index < -0.39 is 0 Å². The molecule has 0 aliphatic carbocycles. The zero-order chi connectivity index (χ0) is 10.4. The zero-order valence-corrected chi connectivity index (χ0v) is 8.10. The SMILES string of the molecule is C=C/C=C(\C=C)Oc1ccc(C)nn1. The highest BCUT2D eigenvalue weighted by Crippen LogP contribution is 2.09. The topological polar surface area (TPSA) is 35.0 Å². The number of nitrogens with zero attached hydrogens (tertiary/aromatic N) is 2. The molecule has 0 saturated carbocycles. The molecule has 72 valence electrons. The Morgan fingerprint density at radius 1 is 1.36 bits per heavy atom. The molecular weight excluding hydrogens is 176 g/mol. The van der Waals surface area contributed by atoms with Crippen LogP contribution in [0, 0.1) is 6.92 Å². The first-order chi connectivity index (χ1) is 6.76. The molecule has 1 rings (SSSR count). The molecule has 0 amide bonds. The Bertz CT molecular complexity index is 352. The number of aryl methyl sites for hydroxylation is 1. The molecular formula is C11H12N2O. The van der Waals surface area contributed by atoms with E-state index in [-0.39, 0.29) is 0 Å². The van der Waals surface area contributed by atoms with E-state index in [1.165, 1.54) is 0 Å². The van der Waals surface area contributed by atoms with Crippen LogP contribution in [0.5, 0.6) is 5.88 Å². The maximum absolute atomic E-state index is 5.36. The molecule has 0 atom stereocenters. The van der Waals surface area contributed by atoms with Gasteiger partial charge in [0.25, 0.3) is 0 Å². The Hall–Kier alpha value is -1.90. The molecule has 3 heteroatoms. The molecule has 3 nitrogen and oxygen atoms in total. The van der Waals surface area contributed by atoms with Crippen LogP contribution in [0.3, 0.4) is 0 Å². The van der Waals surface area contributed by atoms with E-state index in [0.29, 0.717) is 11.6 Å². The van der Waals surface area contributed by atoms with Gasteiger partial charge in [-0.25, -0.2) is 0 Å². The fraction of sp³-hybridized carbons (Fsp3) is 0.0909. The van der Waals surface area contributed by atoms with Crippen LogP contribution in [0.25, 0.3) is 0 Å². The summed E-state index contributed by atoms with van der Waals surface area (Å²) in [5.74, 6) is 1.04. The number of aromatic nitrogens is 2. The van der Waals surface area contributed by atoms with Crippen LogP contribution in [0.15, 0.2) is 49.3 Å². The summed E-state index contributed by atoms with van der Waals surface area (Å²) < 4.78 is 5.36. The summed E-state index contributed by atoms with van der Waals surface area (Å²) in [7, 11) is 0. The Balaban J connectivity index is 2.77. The first-order valence-electron chi connectivity index (χ1n) is 4.19. The van der Waals surface area contributed by atoms with E-state index in [4.69, 9.17) is 4.74 Å². The lowest BCUT2D eigenvalue weighted by molar-refractivity contribution is 0.420. The summed E-state index contributed by atoms with van der Waals surface area (Å²) in [5.41, 5.74) is 0.852. The van der Waals surface area contributed by atoms with Crippen LogP contribution in [-0.2, 0) is 0 Å². The third-order valence-electron chi connectivity index (χ3n) is 1.48. The number of hydrogen-bond acceptors (Lipinski definition) is 3. The van der Waals surface area contributed by atoms with Crippen LogP contribution in [0.2, 0.25) is 0 Å². The average molecular weight is 188 g/mol. The second kappa shape index (κ2) is 4.97. The fourth-order valence-electron chi connectivity index (χ4n) is 0.822. The van der Waals surface area contributed by atoms with Crippen LogP contribution < -0.4 is 4.74 Å². The molecule has 0 aromatic carbocycles. The molecule has 0 saturated heterocycles. The molecule has 14 heavy (non-hydrogen) atoms. The minimum absolute atomic E-state index is 0.448. The molecule has 0 N–H and O–H groups in total. The Labute approximate surface area is 83.4 Å². The third-order valence-corrected chi connectivity index (χ3v) is 1.48. The van der Waals surface area contributed by atoms with Gasteiger partial charge in [-0.3, -0.25) is 0 Å². The van der Waals surface area contributed by atoms with Gasteiger partial charge < -0.3 is 4.74 Å². The second-order valence-corrected chi connectivity index (χ2v) is 2.62. The van der Waals surface area contributed by atoms with Gasteiger partial charge in [0.05, 0.1) is 5.69 Å². The monoisotopic (exact) mass is 188 g/mol. The van der Waals surface area contributed by atoms with Gasteiger partial charge in [-0.15, -0.1) is 5.10 Å². The van der Waals surface area contributed by atoms with Crippen molar-refractivity contribution in [1.82, 2.24) is 10.2 Å². The normalized spacial score (nSPS) is 10.8. The molecule has 0 bridgehead atoms.